The van der Waals surface area contributed by atoms with Crippen molar-refractivity contribution in [2.45, 2.75) is 38.8 Å². The number of ether oxygens (including phenoxy) is 1. The van der Waals surface area contributed by atoms with E-state index in [0.717, 1.165) is 5.56 Å². The van der Waals surface area contributed by atoms with Crippen molar-refractivity contribution in [3.05, 3.63) is 29.6 Å². The minimum absolute atomic E-state index is 0.155. The molecule has 0 heterocycles. The highest BCUT2D eigenvalue weighted by Crippen LogP contribution is 2.22. The zero-order valence-electron chi connectivity index (χ0n) is 10.9. The van der Waals surface area contributed by atoms with Crippen molar-refractivity contribution in [3.8, 4) is 5.75 Å². The van der Waals surface area contributed by atoms with Crippen molar-refractivity contribution in [1.82, 2.24) is 0 Å². The zero-order chi connectivity index (χ0) is 13.9. The summed E-state index contributed by atoms with van der Waals surface area (Å²) in [5.41, 5.74) is 10.6. The van der Waals surface area contributed by atoms with Gasteiger partial charge in [0.2, 0.25) is 5.91 Å². The highest BCUT2D eigenvalue weighted by molar-refractivity contribution is 5.83. The van der Waals surface area contributed by atoms with Gasteiger partial charge in [-0.1, -0.05) is 6.07 Å². The molecule has 0 saturated heterocycles. The fraction of sp³-hybridized carbons (Fsp3) is 0.462. The van der Waals surface area contributed by atoms with Crippen LogP contribution in [0.2, 0.25) is 0 Å². The Morgan fingerprint density at radius 3 is 2.72 bits per heavy atom. The molecule has 0 aliphatic carbocycles. The zero-order valence-corrected chi connectivity index (χ0v) is 10.9. The van der Waals surface area contributed by atoms with E-state index in [-0.39, 0.29) is 12.2 Å². The topological polar surface area (TPSA) is 78.3 Å². The summed E-state index contributed by atoms with van der Waals surface area (Å²) in [5.74, 6) is -0.893. The number of nitrogens with two attached hydrogens (primary N) is 2. The second-order valence-electron chi connectivity index (χ2n) is 4.85. The van der Waals surface area contributed by atoms with E-state index in [2.05, 4.69) is 0 Å². The first kappa shape index (κ1) is 14.4. The Hall–Kier alpha value is -1.62. The number of amides is 1. The van der Waals surface area contributed by atoms with Crippen molar-refractivity contribution < 1.29 is 13.9 Å². The van der Waals surface area contributed by atoms with Crippen LogP contribution < -0.4 is 16.2 Å². The summed E-state index contributed by atoms with van der Waals surface area (Å²) in [6.45, 7) is 5.09. The van der Waals surface area contributed by atoms with Gasteiger partial charge in [0.15, 0.2) is 11.6 Å². The number of hydrogen-bond acceptors (Lipinski definition) is 3. The van der Waals surface area contributed by atoms with Gasteiger partial charge in [-0.2, -0.15) is 0 Å². The van der Waals surface area contributed by atoms with E-state index in [9.17, 15) is 9.18 Å². The van der Waals surface area contributed by atoms with Gasteiger partial charge in [-0.05, 0) is 38.5 Å². The van der Waals surface area contributed by atoms with Crippen molar-refractivity contribution in [1.29, 1.82) is 0 Å². The predicted molar refractivity (Wildman–Crippen MR) is 67.6 cm³/mol. The lowest BCUT2D eigenvalue weighted by Gasteiger charge is -2.25. The van der Waals surface area contributed by atoms with Crippen LogP contribution in [-0.2, 0) is 4.79 Å². The molecule has 1 aromatic rings. The Morgan fingerprint density at radius 2 is 2.17 bits per heavy atom. The molecule has 1 amide bonds. The minimum Gasteiger partial charge on any atom is -0.488 e. The van der Waals surface area contributed by atoms with Crippen LogP contribution in [0.5, 0.6) is 5.75 Å². The number of benzene rings is 1. The largest absolute Gasteiger partial charge is 0.488 e. The average Bonchev–Trinajstić information content (AvgIpc) is 2.22. The SMILES string of the molecule is Cc1ccc(F)c(OC(C)CC(C)(N)C(N)=O)c1. The fourth-order valence-corrected chi connectivity index (χ4v) is 1.66. The van der Waals surface area contributed by atoms with Crippen LogP contribution in [0.4, 0.5) is 4.39 Å². The predicted octanol–water partition coefficient (Wildman–Crippen LogP) is 1.49. The molecule has 0 aromatic heterocycles. The van der Waals surface area contributed by atoms with Crippen molar-refractivity contribution in [2.75, 3.05) is 0 Å². The molecule has 100 valence electrons. The molecule has 4 N–H and O–H groups in total. The lowest BCUT2D eigenvalue weighted by Crippen LogP contribution is -2.51. The van der Waals surface area contributed by atoms with Gasteiger partial charge < -0.3 is 16.2 Å². The first-order chi connectivity index (χ1) is 8.22. The quantitative estimate of drug-likeness (QED) is 0.835. The third-order valence-electron chi connectivity index (χ3n) is 2.69. The standard InChI is InChI=1S/C13H19FN2O2/c1-8-4-5-10(14)11(6-8)18-9(2)7-13(3,16)12(15)17/h4-6,9H,7,16H2,1-3H3,(H2,15,17). The maximum absolute atomic E-state index is 13.5. The van der Waals surface area contributed by atoms with Gasteiger partial charge in [0, 0.05) is 6.42 Å². The molecular weight excluding hydrogens is 235 g/mol. The fourth-order valence-electron chi connectivity index (χ4n) is 1.66. The van der Waals surface area contributed by atoms with Crippen LogP contribution in [-0.4, -0.2) is 17.6 Å². The highest BCUT2D eigenvalue weighted by Gasteiger charge is 2.29. The minimum atomic E-state index is -1.17. The summed E-state index contributed by atoms with van der Waals surface area (Å²) in [4.78, 5) is 11.1. The van der Waals surface area contributed by atoms with Crippen molar-refractivity contribution >= 4 is 5.91 Å². The third kappa shape index (κ3) is 3.70. The molecule has 0 saturated carbocycles. The molecule has 1 rings (SSSR count). The molecule has 0 aliphatic rings. The number of carbonyl (C=O) groups is 1. The van der Waals surface area contributed by atoms with Gasteiger partial charge in [-0.15, -0.1) is 0 Å². The smallest absolute Gasteiger partial charge is 0.237 e. The van der Waals surface area contributed by atoms with Crippen LogP contribution in [0.3, 0.4) is 0 Å². The van der Waals surface area contributed by atoms with Gasteiger partial charge in [0.25, 0.3) is 0 Å². The number of carbonyl (C=O) groups excluding carboxylic acids is 1. The first-order valence-electron chi connectivity index (χ1n) is 5.74. The summed E-state index contributed by atoms with van der Waals surface area (Å²) in [6.07, 6.45) is -0.195. The summed E-state index contributed by atoms with van der Waals surface area (Å²) < 4.78 is 18.9. The van der Waals surface area contributed by atoms with Crippen LogP contribution in [0.1, 0.15) is 25.8 Å². The van der Waals surface area contributed by atoms with Gasteiger partial charge in [-0.25, -0.2) is 4.39 Å². The van der Waals surface area contributed by atoms with E-state index in [4.69, 9.17) is 16.2 Å². The molecule has 4 nitrogen and oxygen atoms in total. The Bertz CT molecular complexity index is 447. The average molecular weight is 254 g/mol. The van der Waals surface area contributed by atoms with Crippen LogP contribution in [0, 0.1) is 12.7 Å². The number of halogens is 1. The molecule has 2 unspecified atom stereocenters. The van der Waals surface area contributed by atoms with Crippen molar-refractivity contribution in [2.24, 2.45) is 11.5 Å². The number of rotatable bonds is 5. The molecule has 0 radical (unpaired) electrons. The van der Waals surface area contributed by atoms with Crippen LogP contribution >= 0.6 is 0 Å². The van der Waals surface area contributed by atoms with Gasteiger partial charge in [-0.3, -0.25) is 4.79 Å². The van der Waals surface area contributed by atoms with Crippen molar-refractivity contribution in [3.63, 3.8) is 0 Å². The van der Waals surface area contributed by atoms with Crippen LogP contribution in [0.25, 0.3) is 0 Å². The lowest BCUT2D eigenvalue weighted by atomic mass is 9.95. The van der Waals surface area contributed by atoms with Crippen LogP contribution in [0.15, 0.2) is 18.2 Å². The lowest BCUT2D eigenvalue weighted by molar-refractivity contribution is -0.123. The van der Waals surface area contributed by atoms with Gasteiger partial charge in [0.1, 0.15) is 0 Å². The highest BCUT2D eigenvalue weighted by atomic mass is 19.1. The molecule has 0 bridgehead atoms. The van der Waals surface area contributed by atoms with E-state index in [1.165, 1.54) is 13.0 Å². The molecule has 5 heteroatoms. The monoisotopic (exact) mass is 254 g/mol. The number of hydrogen-bond donors (Lipinski definition) is 2. The summed E-state index contributed by atoms with van der Waals surface area (Å²) in [5, 5.41) is 0. The second kappa shape index (κ2) is 5.35. The molecule has 2 atom stereocenters. The Morgan fingerprint density at radius 1 is 1.56 bits per heavy atom. The number of aryl methyl sites for hydroxylation is 1. The normalized spacial score (nSPS) is 15.8. The maximum atomic E-state index is 13.5. The first-order valence-corrected chi connectivity index (χ1v) is 5.74. The van der Waals surface area contributed by atoms with E-state index in [0.29, 0.717) is 0 Å². The Kier molecular flexibility index (Phi) is 4.29. The van der Waals surface area contributed by atoms with E-state index in [1.807, 2.05) is 6.92 Å². The van der Waals surface area contributed by atoms with E-state index < -0.39 is 23.4 Å². The Balaban J connectivity index is 2.73. The molecule has 0 spiro atoms. The molecule has 18 heavy (non-hydrogen) atoms. The second-order valence-corrected chi connectivity index (χ2v) is 4.85. The van der Waals surface area contributed by atoms with E-state index >= 15 is 0 Å². The maximum Gasteiger partial charge on any atom is 0.237 e. The summed E-state index contributed by atoms with van der Waals surface area (Å²) in [6, 6.07) is 4.60. The third-order valence-corrected chi connectivity index (χ3v) is 2.69. The number of primary amides is 1. The van der Waals surface area contributed by atoms with Gasteiger partial charge in [0.05, 0.1) is 11.6 Å². The summed E-state index contributed by atoms with van der Waals surface area (Å²) in [7, 11) is 0. The van der Waals surface area contributed by atoms with E-state index in [1.54, 1.807) is 19.1 Å². The molecule has 1 aromatic carbocycles. The molecular formula is C13H19FN2O2. The van der Waals surface area contributed by atoms with Gasteiger partial charge >= 0.3 is 0 Å². The molecule has 0 aliphatic heterocycles. The summed E-state index contributed by atoms with van der Waals surface area (Å²) >= 11 is 0. The molecule has 0 fully saturated rings. The Labute approximate surface area is 106 Å².